The SMILES string of the molecule is CCC(CC)CCCCCCC(=O)Oc1ccccc1OC(=O)CCCCCCC(CC)CC. The van der Waals surface area contributed by atoms with Crippen LogP contribution in [0.1, 0.15) is 130 Å². The van der Waals surface area contributed by atoms with E-state index >= 15 is 0 Å². The topological polar surface area (TPSA) is 52.6 Å². The zero-order valence-electron chi connectivity index (χ0n) is 22.4. The molecule has 0 N–H and O–H groups in total. The lowest BCUT2D eigenvalue weighted by molar-refractivity contribution is -0.137. The zero-order chi connectivity index (χ0) is 25.0. The Morgan fingerprint density at radius 3 is 1.29 bits per heavy atom. The van der Waals surface area contributed by atoms with Crippen LogP contribution in [0.3, 0.4) is 0 Å². The molecule has 1 aromatic rings. The maximum Gasteiger partial charge on any atom is 0.311 e. The summed E-state index contributed by atoms with van der Waals surface area (Å²) in [5.74, 6) is 1.81. The molecule has 1 rings (SSSR count). The minimum atomic E-state index is -0.263. The molecule has 34 heavy (non-hydrogen) atoms. The molecule has 0 fully saturated rings. The maximum absolute atomic E-state index is 12.3. The Morgan fingerprint density at radius 1 is 0.588 bits per heavy atom. The van der Waals surface area contributed by atoms with Crippen molar-refractivity contribution in [2.75, 3.05) is 0 Å². The van der Waals surface area contributed by atoms with Gasteiger partial charge in [-0.1, -0.05) is 117 Å². The summed E-state index contributed by atoms with van der Waals surface area (Å²) in [6, 6.07) is 6.96. The third kappa shape index (κ3) is 13.8. The standard InChI is InChI=1S/C30H50O4/c1-5-25(6-2)19-13-9-11-15-23-29(31)33-27-21-17-18-22-28(27)34-30(32)24-16-12-10-14-20-26(7-3)8-4/h17-18,21-22,25-26H,5-16,19-20,23-24H2,1-4H3. The van der Waals surface area contributed by atoms with Gasteiger partial charge in [0, 0.05) is 12.8 Å². The highest BCUT2D eigenvalue weighted by molar-refractivity contribution is 5.76. The van der Waals surface area contributed by atoms with E-state index < -0.39 is 0 Å². The van der Waals surface area contributed by atoms with E-state index in [0.29, 0.717) is 24.3 Å². The number of esters is 2. The summed E-state index contributed by atoms with van der Waals surface area (Å²) in [4.78, 5) is 24.6. The van der Waals surface area contributed by atoms with Gasteiger partial charge in [-0.15, -0.1) is 0 Å². The van der Waals surface area contributed by atoms with Crippen LogP contribution in [0.25, 0.3) is 0 Å². The fraction of sp³-hybridized carbons (Fsp3) is 0.733. The van der Waals surface area contributed by atoms with Crippen LogP contribution in [0.5, 0.6) is 11.5 Å². The second-order valence-corrected chi connectivity index (χ2v) is 9.67. The van der Waals surface area contributed by atoms with Crippen LogP contribution in [0.4, 0.5) is 0 Å². The first-order valence-electron chi connectivity index (χ1n) is 14.0. The summed E-state index contributed by atoms with van der Waals surface area (Å²) in [6.45, 7) is 9.04. The Kier molecular flexibility index (Phi) is 17.3. The monoisotopic (exact) mass is 474 g/mol. The van der Waals surface area contributed by atoms with E-state index in [1.807, 2.05) is 0 Å². The van der Waals surface area contributed by atoms with Crippen molar-refractivity contribution in [3.8, 4) is 11.5 Å². The van der Waals surface area contributed by atoms with Gasteiger partial charge in [0.05, 0.1) is 0 Å². The highest BCUT2D eigenvalue weighted by Gasteiger charge is 2.13. The van der Waals surface area contributed by atoms with Gasteiger partial charge in [0.25, 0.3) is 0 Å². The molecule has 0 aliphatic rings. The highest BCUT2D eigenvalue weighted by Crippen LogP contribution is 2.28. The lowest BCUT2D eigenvalue weighted by atomic mass is 9.96. The summed E-state index contributed by atoms with van der Waals surface area (Å²) < 4.78 is 11.0. The molecule has 4 nitrogen and oxygen atoms in total. The molecule has 0 amide bonds. The van der Waals surface area contributed by atoms with Crippen LogP contribution in [0.2, 0.25) is 0 Å². The van der Waals surface area contributed by atoms with Crippen LogP contribution in [0.15, 0.2) is 24.3 Å². The van der Waals surface area contributed by atoms with Crippen molar-refractivity contribution < 1.29 is 19.1 Å². The number of hydrogen-bond acceptors (Lipinski definition) is 4. The Hall–Kier alpha value is -1.84. The zero-order valence-corrected chi connectivity index (χ0v) is 22.4. The lowest BCUT2D eigenvalue weighted by Crippen LogP contribution is -2.12. The number of benzene rings is 1. The van der Waals surface area contributed by atoms with Crippen LogP contribution in [-0.2, 0) is 9.59 Å². The third-order valence-corrected chi connectivity index (χ3v) is 7.09. The van der Waals surface area contributed by atoms with E-state index in [1.165, 1.54) is 51.4 Å². The predicted octanol–water partition coefficient (Wildman–Crippen LogP) is 9.05. The van der Waals surface area contributed by atoms with Gasteiger partial charge in [0.1, 0.15) is 0 Å². The summed E-state index contributed by atoms with van der Waals surface area (Å²) in [5, 5.41) is 0. The van der Waals surface area contributed by atoms with Crippen LogP contribution < -0.4 is 9.47 Å². The molecule has 0 unspecified atom stereocenters. The normalized spacial score (nSPS) is 11.2. The number of hydrogen-bond donors (Lipinski definition) is 0. The number of carbonyl (C=O) groups excluding carboxylic acids is 2. The smallest absolute Gasteiger partial charge is 0.311 e. The fourth-order valence-corrected chi connectivity index (χ4v) is 4.47. The van der Waals surface area contributed by atoms with Crippen molar-refractivity contribution in [3.05, 3.63) is 24.3 Å². The second kappa shape index (κ2) is 19.5. The van der Waals surface area contributed by atoms with Crippen molar-refractivity contribution in [2.24, 2.45) is 11.8 Å². The number of carbonyl (C=O) groups is 2. The molecule has 0 radical (unpaired) electrons. The van der Waals surface area contributed by atoms with Gasteiger partial charge in [0.15, 0.2) is 11.5 Å². The van der Waals surface area contributed by atoms with Crippen LogP contribution in [0, 0.1) is 11.8 Å². The Labute approximate surface area is 209 Å². The molecule has 0 saturated heterocycles. The third-order valence-electron chi connectivity index (χ3n) is 7.09. The van der Waals surface area contributed by atoms with Gasteiger partial charge in [0.2, 0.25) is 0 Å². The number of para-hydroxylation sites is 2. The van der Waals surface area contributed by atoms with Crippen molar-refractivity contribution in [3.63, 3.8) is 0 Å². The fourth-order valence-electron chi connectivity index (χ4n) is 4.47. The van der Waals surface area contributed by atoms with Gasteiger partial charge >= 0.3 is 11.9 Å². The Balaban J connectivity index is 2.27. The van der Waals surface area contributed by atoms with Crippen molar-refractivity contribution in [1.82, 2.24) is 0 Å². The molecular formula is C30H50O4. The second-order valence-electron chi connectivity index (χ2n) is 9.67. The van der Waals surface area contributed by atoms with Gasteiger partial charge in [-0.2, -0.15) is 0 Å². The molecule has 0 aliphatic carbocycles. The Bertz CT molecular complexity index is 605. The summed E-state index contributed by atoms with van der Waals surface area (Å²) in [6.07, 6.45) is 16.9. The molecule has 194 valence electrons. The molecule has 1 aromatic carbocycles. The quantitative estimate of drug-likeness (QED) is 0.107. The maximum atomic E-state index is 12.3. The van der Waals surface area contributed by atoms with Crippen molar-refractivity contribution >= 4 is 11.9 Å². The van der Waals surface area contributed by atoms with Gasteiger partial charge < -0.3 is 9.47 Å². The van der Waals surface area contributed by atoms with Crippen LogP contribution in [-0.4, -0.2) is 11.9 Å². The Morgan fingerprint density at radius 2 is 0.941 bits per heavy atom. The molecule has 0 aromatic heterocycles. The van der Waals surface area contributed by atoms with E-state index in [4.69, 9.17) is 9.47 Å². The molecule has 0 spiro atoms. The van der Waals surface area contributed by atoms with E-state index in [-0.39, 0.29) is 11.9 Å². The predicted molar refractivity (Wildman–Crippen MR) is 141 cm³/mol. The number of ether oxygens (including phenoxy) is 2. The lowest BCUT2D eigenvalue weighted by Gasteiger charge is -2.12. The largest absolute Gasteiger partial charge is 0.423 e. The number of unbranched alkanes of at least 4 members (excludes halogenated alkanes) is 6. The van der Waals surface area contributed by atoms with Crippen LogP contribution >= 0.6 is 0 Å². The van der Waals surface area contributed by atoms with Gasteiger partial charge in [-0.3, -0.25) is 9.59 Å². The number of rotatable bonds is 20. The first-order valence-corrected chi connectivity index (χ1v) is 14.0. The molecular weight excluding hydrogens is 424 g/mol. The van der Waals surface area contributed by atoms with E-state index in [9.17, 15) is 9.59 Å². The van der Waals surface area contributed by atoms with Gasteiger partial charge in [-0.25, -0.2) is 0 Å². The molecule has 0 heterocycles. The van der Waals surface area contributed by atoms with E-state index in [0.717, 1.165) is 50.4 Å². The highest BCUT2D eigenvalue weighted by atomic mass is 16.6. The minimum Gasteiger partial charge on any atom is -0.423 e. The van der Waals surface area contributed by atoms with Crippen molar-refractivity contribution in [2.45, 2.75) is 130 Å². The summed E-state index contributed by atoms with van der Waals surface area (Å²) >= 11 is 0. The van der Waals surface area contributed by atoms with Gasteiger partial charge in [-0.05, 0) is 36.8 Å². The average molecular weight is 475 g/mol. The first-order chi connectivity index (χ1) is 16.5. The molecule has 0 bridgehead atoms. The molecule has 0 saturated carbocycles. The van der Waals surface area contributed by atoms with E-state index in [2.05, 4.69) is 27.7 Å². The summed E-state index contributed by atoms with van der Waals surface area (Å²) in [7, 11) is 0. The van der Waals surface area contributed by atoms with Crippen molar-refractivity contribution in [1.29, 1.82) is 0 Å². The van der Waals surface area contributed by atoms with E-state index in [1.54, 1.807) is 24.3 Å². The summed E-state index contributed by atoms with van der Waals surface area (Å²) in [5.41, 5.74) is 0. The first kappa shape index (κ1) is 30.2. The molecule has 4 heteroatoms. The average Bonchev–Trinajstić information content (AvgIpc) is 2.84. The molecule has 0 aliphatic heterocycles. The minimum absolute atomic E-state index is 0.263. The molecule has 0 atom stereocenters.